The number of rotatable bonds is 2. The molecule has 0 aliphatic carbocycles. The van der Waals surface area contributed by atoms with Crippen LogP contribution in [-0.4, -0.2) is 45.1 Å². The largest absolute Gasteiger partial charge is 0.396 e. The van der Waals surface area contributed by atoms with Gasteiger partial charge in [-0.25, -0.2) is 4.98 Å². The van der Waals surface area contributed by atoms with Gasteiger partial charge in [-0.15, -0.1) is 0 Å². The van der Waals surface area contributed by atoms with Crippen molar-refractivity contribution in [3.63, 3.8) is 0 Å². The molecular weight excluding hydrogens is 258 g/mol. The van der Waals surface area contributed by atoms with Gasteiger partial charge in [-0.2, -0.15) is 0 Å². The van der Waals surface area contributed by atoms with Crippen molar-refractivity contribution in [3.05, 3.63) is 27.4 Å². The summed E-state index contributed by atoms with van der Waals surface area (Å²) in [5, 5.41) is 9.26. The van der Waals surface area contributed by atoms with E-state index in [1.165, 1.54) is 0 Å². The maximum atomic E-state index is 12.5. The lowest BCUT2D eigenvalue weighted by molar-refractivity contribution is 0.0481. The summed E-state index contributed by atoms with van der Waals surface area (Å²) in [5.74, 6) is -0.263. The van der Waals surface area contributed by atoms with E-state index in [0.717, 1.165) is 12.8 Å². The lowest BCUT2D eigenvalue weighted by Gasteiger charge is -2.37. The normalized spacial score (nSPS) is 22.9. The molecule has 1 amide bonds. The maximum absolute atomic E-state index is 12.5. The fraction of sp³-hybridized carbons (Fsp3) is 0.643. The van der Waals surface area contributed by atoms with Crippen LogP contribution in [-0.2, 0) is 0 Å². The minimum Gasteiger partial charge on any atom is -0.396 e. The van der Waals surface area contributed by atoms with Crippen molar-refractivity contribution in [2.75, 3.05) is 13.2 Å². The number of aryl methyl sites for hydroxylation is 2. The molecule has 1 aliphatic heterocycles. The Labute approximate surface area is 117 Å². The number of piperidine rings is 1. The van der Waals surface area contributed by atoms with Crippen LogP contribution in [0.3, 0.4) is 0 Å². The number of aliphatic hydroxyl groups is 1. The van der Waals surface area contributed by atoms with Crippen LogP contribution in [0.4, 0.5) is 0 Å². The first kappa shape index (κ1) is 14.7. The third-order valence-corrected chi connectivity index (χ3v) is 4.04. The molecule has 2 unspecified atom stereocenters. The summed E-state index contributed by atoms with van der Waals surface area (Å²) < 4.78 is 0. The van der Waals surface area contributed by atoms with Crippen molar-refractivity contribution < 1.29 is 9.90 Å². The smallest absolute Gasteiger partial charge is 0.279 e. The lowest BCUT2D eigenvalue weighted by Crippen LogP contribution is -2.48. The number of aliphatic hydroxyl groups excluding tert-OH is 1. The molecule has 0 spiro atoms. The average Bonchev–Trinajstić information content (AvgIpc) is 2.42. The number of nitrogens with zero attached hydrogens (tertiary/aromatic N) is 2. The van der Waals surface area contributed by atoms with E-state index in [4.69, 9.17) is 0 Å². The number of hydrogen-bond donors (Lipinski definition) is 2. The van der Waals surface area contributed by atoms with Crippen LogP contribution < -0.4 is 5.56 Å². The van der Waals surface area contributed by atoms with E-state index >= 15 is 0 Å². The second-order valence-electron chi connectivity index (χ2n) is 5.56. The molecule has 2 rings (SSSR count). The van der Waals surface area contributed by atoms with Crippen molar-refractivity contribution in [1.29, 1.82) is 0 Å². The Hall–Kier alpha value is -1.69. The molecule has 0 saturated carbocycles. The standard InChI is InChI=1S/C14H21N3O3/c1-8-4-5-11(7-18)6-17(8)14(20)12-13(19)16-10(3)9(2)15-12/h8,11,18H,4-7H2,1-3H3,(H,16,19). The predicted octanol–water partition coefficient (Wildman–Crippen LogP) is 0.620. The van der Waals surface area contributed by atoms with Crippen molar-refractivity contribution in [3.8, 4) is 0 Å². The van der Waals surface area contributed by atoms with E-state index in [0.29, 0.717) is 17.9 Å². The predicted molar refractivity (Wildman–Crippen MR) is 74.6 cm³/mol. The van der Waals surface area contributed by atoms with Gasteiger partial charge in [-0.1, -0.05) is 0 Å². The second kappa shape index (κ2) is 5.75. The molecule has 1 aromatic rings. The van der Waals surface area contributed by atoms with Gasteiger partial charge >= 0.3 is 0 Å². The Bertz CT molecular complexity index is 567. The zero-order valence-electron chi connectivity index (χ0n) is 12.1. The second-order valence-corrected chi connectivity index (χ2v) is 5.56. The Kier molecular flexibility index (Phi) is 4.23. The molecule has 6 nitrogen and oxygen atoms in total. The van der Waals surface area contributed by atoms with Gasteiger partial charge in [0.25, 0.3) is 11.5 Å². The Morgan fingerprint density at radius 2 is 2.15 bits per heavy atom. The average molecular weight is 279 g/mol. The van der Waals surface area contributed by atoms with E-state index in [1.54, 1.807) is 18.7 Å². The first-order valence-electron chi connectivity index (χ1n) is 6.93. The third-order valence-electron chi connectivity index (χ3n) is 4.04. The number of carbonyl (C=O) groups excluding carboxylic acids is 1. The molecule has 0 radical (unpaired) electrons. The van der Waals surface area contributed by atoms with Crippen LogP contribution in [0.1, 0.15) is 41.6 Å². The van der Waals surface area contributed by atoms with Gasteiger partial charge in [0.05, 0.1) is 5.69 Å². The number of nitrogens with one attached hydrogen (secondary N) is 1. The molecule has 2 atom stereocenters. The molecule has 20 heavy (non-hydrogen) atoms. The van der Waals surface area contributed by atoms with Gasteiger partial charge < -0.3 is 15.0 Å². The molecule has 1 aromatic heterocycles. The van der Waals surface area contributed by atoms with Crippen LogP contribution >= 0.6 is 0 Å². The summed E-state index contributed by atoms with van der Waals surface area (Å²) in [6.07, 6.45) is 1.73. The molecule has 1 aliphatic rings. The Morgan fingerprint density at radius 1 is 1.45 bits per heavy atom. The van der Waals surface area contributed by atoms with E-state index in [1.807, 2.05) is 6.92 Å². The van der Waals surface area contributed by atoms with Crippen LogP contribution in [0.25, 0.3) is 0 Å². The van der Waals surface area contributed by atoms with Gasteiger partial charge in [0.1, 0.15) is 0 Å². The molecule has 2 N–H and O–H groups in total. The zero-order chi connectivity index (χ0) is 14.9. The van der Waals surface area contributed by atoms with Crippen molar-refractivity contribution >= 4 is 5.91 Å². The topological polar surface area (TPSA) is 86.3 Å². The monoisotopic (exact) mass is 279 g/mol. The van der Waals surface area contributed by atoms with Crippen molar-refractivity contribution in [2.24, 2.45) is 5.92 Å². The molecule has 6 heteroatoms. The lowest BCUT2D eigenvalue weighted by atomic mass is 9.94. The molecule has 110 valence electrons. The molecule has 0 bridgehead atoms. The highest BCUT2D eigenvalue weighted by Gasteiger charge is 2.31. The number of hydrogen-bond acceptors (Lipinski definition) is 4. The number of carbonyl (C=O) groups is 1. The SMILES string of the molecule is Cc1nc(C(=O)N2CC(CO)CCC2C)c(=O)[nH]c1C. The third kappa shape index (κ3) is 2.75. The summed E-state index contributed by atoms with van der Waals surface area (Å²) >= 11 is 0. The number of amides is 1. The fourth-order valence-electron chi connectivity index (χ4n) is 2.52. The first-order valence-corrected chi connectivity index (χ1v) is 6.93. The summed E-state index contributed by atoms with van der Waals surface area (Å²) in [6.45, 7) is 6.01. The van der Waals surface area contributed by atoms with Gasteiger partial charge in [0.15, 0.2) is 5.69 Å². The fourth-order valence-corrected chi connectivity index (χ4v) is 2.52. The van der Waals surface area contributed by atoms with E-state index in [2.05, 4.69) is 9.97 Å². The highest BCUT2D eigenvalue weighted by Crippen LogP contribution is 2.22. The summed E-state index contributed by atoms with van der Waals surface area (Å²) in [6, 6.07) is 0.0631. The van der Waals surface area contributed by atoms with Crippen LogP contribution in [0.15, 0.2) is 4.79 Å². The number of aromatic amines is 1. The van der Waals surface area contributed by atoms with Gasteiger partial charge in [0.2, 0.25) is 0 Å². The highest BCUT2D eigenvalue weighted by atomic mass is 16.3. The summed E-state index contributed by atoms with van der Waals surface area (Å²) in [5.41, 5.74) is 0.817. The van der Waals surface area contributed by atoms with Crippen LogP contribution in [0.2, 0.25) is 0 Å². The minimum absolute atomic E-state index is 0.0569. The summed E-state index contributed by atoms with van der Waals surface area (Å²) in [4.78, 5) is 32.9. The Balaban J connectivity index is 2.30. The summed E-state index contributed by atoms with van der Waals surface area (Å²) in [7, 11) is 0. The van der Waals surface area contributed by atoms with E-state index in [-0.39, 0.29) is 30.2 Å². The molecule has 1 saturated heterocycles. The van der Waals surface area contributed by atoms with E-state index < -0.39 is 5.56 Å². The van der Waals surface area contributed by atoms with Crippen LogP contribution in [0, 0.1) is 19.8 Å². The first-order chi connectivity index (χ1) is 9.43. The van der Waals surface area contributed by atoms with Crippen molar-refractivity contribution in [2.45, 2.75) is 39.7 Å². The number of aromatic nitrogens is 2. The quantitative estimate of drug-likeness (QED) is 0.831. The van der Waals surface area contributed by atoms with Gasteiger partial charge in [-0.05, 0) is 39.5 Å². The Morgan fingerprint density at radius 3 is 2.80 bits per heavy atom. The molecular formula is C14H21N3O3. The maximum Gasteiger partial charge on any atom is 0.279 e. The number of H-pyrrole nitrogens is 1. The van der Waals surface area contributed by atoms with E-state index in [9.17, 15) is 14.7 Å². The van der Waals surface area contributed by atoms with Crippen LogP contribution in [0.5, 0.6) is 0 Å². The van der Waals surface area contributed by atoms with Crippen molar-refractivity contribution in [1.82, 2.24) is 14.9 Å². The molecule has 1 fully saturated rings. The number of likely N-dealkylation sites (tertiary alicyclic amines) is 1. The van der Waals surface area contributed by atoms with Gasteiger partial charge in [-0.3, -0.25) is 9.59 Å². The molecule has 2 heterocycles. The molecule has 0 aromatic carbocycles. The highest BCUT2D eigenvalue weighted by molar-refractivity contribution is 5.92. The minimum atomic E-state index is -0.448. The zero-order valence-corrected chi connectivity index (χ0v) is 12.1. The van der Waals surface area contributed by atoms with Gasteiger partial charge in [0, 0.05) is 24.9 Å².